The number of H-pyrrole nitrogens is 1. The third-order valence-corrected chi connectivity index (χ3v) is 3.72. The molecule has 0 bridgehead atoms. The van der Waals surface area contributed by atoms with Gasteiger partial charge in [-0.1, -0.05) is 23.2 Å². The van der Waals surface area contributed by atoms with Gasteiger partial charge in [0.15, 0.2) is 0 Å². The number of halogens is 3. The summed E-state index contributed by atoms with van der Waals surface area (Å²) in [4.78, 5) is 6.97. The molecule has 2 aromatic carbocycles. The fourth-order valence-corrected chi connectivity index (χ4v) is 2.85. The maximum Gasteiger partial charge on any atom is 0.136 e. The van der Waals surface area contributed by atoms with Crippen molar-refractivity contribution in [2.45, 2.75) is 0 Å². The highest BCUT2D eigenvalue weighted by Gasteiger charge is 2.19. The van der Waals surface area contributed by atoms with E-state index < -0.39 is 5.82 Å². The molecule has 3 N–H and O–H groups in total. The first kappa shape index (κ1) is 14.7. The minimum atomic E-state index is -0.626. The van der Waals surface area contributed by atoms with E-state index in [1.165, 1.54) is 30.6 Å². The molecule has 0 aliphatic heterocycles. The minimum Gasteiger partial charge on any atom is -0.508 e. The summed E-state index contributed by atoms with van der Waals surface area (Å²) in [5.74, 6) is -0.881. The van der Waals surface area contributed by atoms with Gasteiger partial charge in [-0.05, 0) is 24.3 Å². The maximum atomic E-state index is 14.1. The standard InChI is InChI=1S/C15H9Cl2FN2O2/c16-10-3-8(22)4-11(17)13(10)15-14(19-6-20-15)9-2-1-7(21)5-12(9)18/h1-6,21-22H,(H,19,20). The van der Waals surface area contributed by atoms with Crippen molar-refractivity contribution in [1.82, 2.24) is 9.97 Å². The summed E-state index contributed by atoms with van der Waals surface area (Å²) in [6, 6.07) is 6.43. The first-order valence-electron chi connectivity index (χ1n) is 6.18. The van der Waals surface area contributed by atoms with Gasteiger partial charge in [0.05, 0.1) is 27.8 Å². The summed E-state index contributed by atoms with van der Waals surface area (Å²) in [6.45, 7) is 0. The third kappa shape index (κ3) is 2.49. The molecular weight excluding hydrogens is 330 g/mol. The predicted molar refractivity (Wildman–Crippen MR) is 82.8 cm³/mol. The van der Waals surface area contributed by atoms with E-state index in [1.54, 1.807) is 0 Å². The largest absolute Gasteiger partial charge is 0.508 e. The Labute approximate surface area is 134 Å². The van der Waals surface area contributed by atoms with Crippen molar-refractivity contribution >= 4 is 23.2 Å². The number of nitrogens with one attached hydrogen (secondary N) is 1. The fourth-order valence-electron chi connectivity index (χ4n) is 2.18. The molecule has 22 heavy (non-hydrogen) atoms. The molecule has 0 unspecified atom stereocenters. The van der Waals surface area contributed by atoms with Crippen LogP contribution in [0.2, 0.25) is 10.0 Å². The van der Waals surface area contributed by atoms with Gasteiger partial charge in [0, 0.05) is 17.2 Å². The monoisotopic (exact) mass is 338 g/mol. The SMILES string of the molecule is Oc1ccc(-c2nc[nH]c2-c2c(Cl)cc(O)cc2Cl)c(F)c1. The Morgan fingerprint density at radius 2 is 1.68 bits per heavy atom. The lowest BCUT2D eigenvalue weighted by Crippen LogP contribution is -1.90. The smallest absolute Gasteiger partial charge is 0.136 e. The van der Waals surface area contributed by atoms with Crippen LogP contribution >= 0.6 is 23.2 Å². The number of benzene rings is 2. The molecule has 0 saturated carbocycles. The van der Waals surface area contributed by atoms with Crippen molar-refractivity contribution in [3.8, 4) is 34.0 Å². The van der Waals surface area contributed by atoms with E-state index in [0.29, 0.717) is 17.0 Å². The summed E-state index contributed by atoms with van der Waals surface area (Å²) in [5, 5.41) is 19.2. The Morgan fingerprint density at radius 3 is 2.32 bits per heavy atom. The van der Waals surface area contributed by atoms with E-state index in [9.17, 15) is 14.6 Å². The molecule has 0 aliphatic rings. The van der Waals surface area contributed by atoms with E-state index in [4.69, 9.17) is 23.2 Å². The number of hydrogen-bond acceptors (Lipinski definition) is 3. The third-order valence-electron chi connectivity index (χ3n) is 3.12. The molecule has 0 spiro atoms. The van der Waals surface area contributed by atoms with Crippen LogP contribution in [-0.2, 0) is 0 Å². The summed E-state index contributed by atoms with van der Waals surface area (Å²) in [6.07, 6.45) is 1.39. The summed E-state index contributed by atoms with van der Waals surface area (Å²) in [7, 11) is 0. The summed E-state index contributed by atoms with van der Waals surface area (Å²) >= 11 is 12.2. The molecule has 0 radical (unpaired) electrons. The Balaban J connectivity index is 2.22. The fraction of sp³-hybridized carbons (Fsp3) is 0. The Morgan fingerprint density at radius 1 is 1.00 bits per heavy atom. The summed E-state index contributed by atoms with van der Waals surface area (Å²) in [5.41, 5.74) is 1.31. The number of nitrogens with zero attached hydrogens (tertiary/aromatic N) is 1. The van der Waals surface area contributed by atoms with Crippen LogP contribution in [0.15, 0.2) is 36.7 Å². The average Bonchev–Trinajstić information content (AvgIpc) is 2.86. The van der Waals surface area contributed by atoms with E-state index in [2.05, 4.69) is 9.97 Å². The Bertz CT molecular complexity index is 841. The minimum absolute atomic E-state index is 0.0735. The second-order valence-corrected chi connectivity index (χ2v) is 5.39. The van der Waals surface area contributed by atoms with E-state index in [1.807, 2.05) is 0 Å². The van der Waals surface area contributed by atoms with Gasteiger partial charge in [-0.3, -0.25) is 0 Å². The van der Waals surface area contributed by atoms with Crippen LogP contribution in [0, 0.1) is 5.82 Å². The second-order valence-electron chi connectivity index (χ2n) is 4.57. The molecule has 0 atom stereocenters. The lowest BCUT2D eigenvalue weighted by atomic mass is 10.0. The molecule has 4 nitrogen and oxygen atoms in total. The summed E-state index contributed by atoms with van der Waals surface area (Å²) < 4.78 is 14.1. The van der Waals surface area contributed by atoms with Crippen molar-refractivity contribution in [3.63, 3.8) is 0 Å². The highest BCUT2D eigenvalue weighted by Crippen LogP contribution is 2.41. The van der Waals surface area contributed by atoms with Crippen LogP contribution < -0.4 is 0 Å². The zero-order valence-electron chi connectivity index (χ0n) is 10.9. The van der Waals surface area contributed by atoms with Crippen molar-refractivity contribution < 1.29 is 14.6 Å². The number of hydrogen-bond donors (Lipinski definition) is 3. The van der Waals surface area contributed by atoms with E-state index >= 15 is 0 Å². The normalized spacial score (nSPS) is 10.9. The van der Waals surface area contributed by atoms with Gasteiger partial charge in [0.2, 0.25) is 0 Å². The van der Waals surface area contributed by atoms with Crippen molar-refractivity contribution in [1.29, 1.82) is 0 Å². The molecule has 0 fully saturated rings. The molecule has 0 aliphatic carbocycles. The highest BCUT2D eigenvalue weighted by molar-refractivity contribution is 6.39. The van der Waals surface area contributed by atoms with Crippen molar-refractivity contribution in [2.24, 2.45) is 0 Å². The lowest BCUT2D eigenvalue weighted by molar-refractivity contribution is 0.469. The van der Waals surface area contributed by atoms with E-state index in [-0.39, 0.29) is 27.1 Å². The quantitative estimate of drug-likeness (QED) is 0.639. The molecule has 7 heteroatoms. The van der Waals surface area contributed by atoms with Gasteiger partial charge in [0.25, 0.3) is 0 Å². The zero-order valence-corrected chi connectivity index (χ0v) is 12.5. The van der Waals surface area contributed by atoms with Gasteiger partial charge < -0.3 is 15.2 Å². The molecular formula is C15H9Cl2FN2O2. The number of aromatic nitrogens is 2. The number of rotatable bonds is 2. The van der Waals surface area contributed by atoms with Crippen LogP contribution in [-0.4, -0.2) is 20.2 Å². The number of phenols is 2. The maximum absolute atomic E-state index is 14.1. The first-order chi connectivity index (χ1) is 10.5. The average molecular weight is 339 g/mol. The second kappa shape index (κ2) is 5.51. The molecule has 3 rings (SSSR count). The molecule has 0 saturated heterocycles. The van der Waals surface area contributed by atoms with Gasteiger partial charge >= 0.3 is 0 Å². The Kier molecular flexibility index (Phi) is 3.68. The van der Waals surface area contributed by atoms with Gasteiger partial charge in [-0.2, -0.15) is 0 Å². The van der Waals surface area contributed by atoms with Crippen LogP contribution in [0.1, 0.15) is 0 Å². The van der Waals surface area contributed by atoms with Gasteiger partial charge in [0.1, 0.15) is 17.3 Å². The number of aromatic hydroxyl groups is 2. The van der Waals surface area contributed by atoms with Gasteiger partial charge in [-0.15, -0.1) is 0 Å². The van der Waals surface area contributed by atoms with Crippen LogP contribution in [0.25, 0.3) is 22.5 Å². The molecule has 0 amide bonds. The van der Waals surface area contributed by atoms with Gasteiger partial charge in [-0.25, -0.2) is 9.37 Å². The number of aromatic amines is 1. The van der Waals surface area contributed by atoms with E-state index in [0.717, 1.165) is 6.07 Å². The molecule has 1 aromatic heterocycles. The molecule has 1 heterocycles. The predicted octanol–water partition coefficient (Wildman–Crippen LogP) is 4.60. The van der Waals surface area contributed by atoms with Crippen LogP contribution in [0.5, 0.6) is 11.5 Å². The van der Waals surface area contributed by atoms with Crippen LogP contribution in [0.4, 0.5) is 4.39 Å². The lowest BCUT2D eigenvalue weighted by Gasteiger charge is -2.09. The first-order valence-corrected chi connectivity index (χ1v) is 6.93. The van der Waals surface area contributed by atoms with Crippen molar-refractivity contribution in [3.05, 3.63) is 52.5 Å². The molecule has 3 aromatic rings. The van der Waals surface area contributed by atoms with Crippen molar-refractivity contribution in [2.75, 3.05) is 0 Å². The van der Waals surface area contributed by atoms with Crippen LogP contribution in [0.3, 0.4) is 0 Å². The number of phenolic OH excluding ortho intramolecular Hbond substituents is 2. The number of imidazole rings is 1. The topological polar surface area (TPSA) is 69.1 Å². The zero-order chi connectivity index (χ0) is 15.9. The highest BCUT2D eigenvalue weighted by atomic mass is 35.5. The Hall–Kier alpha value is -2.24. The molecule has 112 valence electrons.